The summed E-state index contributed by atoms with van der Waals surface area (Å²) in [4.78, 5) is 0. The van der Waals surface area contributed by atoms with E-state index < -0.39 is 25.6 Å². The van der Waals surface area contributed by atoms with Gasteiger partial charge in [-0.2, -0.15) is 5.10 Å². The Kier molecular flexibility index (Phi) is 6.50. The molecule has 0 saturated heterocycles. The van der Waals surface area contributed by atoms with Crippen LogP contribution in [0.5, 0.6) is 0 Å². The summed E-state index contributed by atoms with van der Waals surface area (Å²) in [5.41, 5.74) is 6.18. The van der Waals surface area contributed by atoms with Gasteiger partial charge in [0.05, 0.1) is 5.92 Å². The van der Waals surface area contributed by atoms with Crippen LogP contribution >= 0.6 is 11.3 Å². The van der Waals surface area contributed by atoms with Crippen molar-refractivity contribution in [1.29, 1.82) is 0 Å². The third-order valence-corrected chi connectivity index (χ3v) is 9.20. The number of nitrogens with zero attached hydrogens (tertiary/aromatic N) is 3. The molecule has 1 aliphatic heterocycles. The molecule has 33 heavy (non-hydrogen) atoms. The number of aryl methyl sites for hydroxylation is 2. The fourth-order valence-electron chi connectivity index (χ4n) is 3.37. The summed E-state index contributed by atoms with van der Waals surface area (Å²) in [6, 6.07) is 14.6. The number of rotatable bonds is 7. The standard InChI is InChI=1S/C21H23N5O4S3/c1-14-3-7-16(8-4-14)18-11-22-25-21(18)32(27,28)12-19-23-24-20(31-19)13-33(29,30)26-17-9-5-15(2)6-10-17/h3-10,18,22,26H,11-13H2,1-2H3. The molecule has 12 heteroatoms. The molecular weight excluding hydrogens is 482 g/mol. The van der Waals surface area contributed by atoms with E-state index in [-0.39, 0.29) is 26.7 Å². The Morgan fingerprint density at radius 2 is 1.48 bits per heavy atom. The number of anilines is 1. The summed E-state index contributed by atoms with van der Waals surface area (Å²) in [6.07, 6.45) is 0. The molecule has 0 spiro atoms. The van der Waals surface area contributed by atoms with E-state index in [2.05, 4.69) is 25.4 Å². The SMILES string of the molecule is Cc1ccc(NS(=O)(=O)Cc2nnc(CS(=O)(=O)C3=NNCC3c3ccc(C)cc3)s2)cc1. The first-order valence-corrected chi connectivity index (χ1v) is 14.2. The maximum absolute atomic E-state index is 13.1. The van der Waals surface area contributed by atoms with Gasteiger partial charge in [-0.1, -0.05) is 58.9 Å². The predicted octanol–water partition coefficient (Wildman–Crippen LogP) is 2.71. The lowest BCUT2D eigenvalue weighted by atomic mass is 10.00. The van der Waals surface area contributed by atoms with Crippen molar-refractivity contribution >= 4 is 41.9 Å². The maximum Gasteiger partial charge on any atom is 0.239 e. The van der Waals surface area contributed by atoms with Crippen molar-refractivity contribution in [3.63, 3.8) is 0 Å². The molecule has 1 unspecified atom stereocenters. The fraction of sp³-hybridized carbons (Fsp3) is 0.286. The minimum Gasteiger partial charge on any atom is -0.308 e. The molecule has 3 aromatic rings. The van der Waals surface area contributed by atoms with Gasteiger partial charge in [0.2, 0.25) is 19.9 Å². The number of aromatic nitrogens is 2. The Labute approximate surface area is 196 Å². The van der Waals surface area contributed by atoms with Gasteiger partial charge in [0.25, 0.3) is 0 Å². The van der Waals surface area contributed by atoms with E-state index in [0.29, 0.717) is 12.2 Å². The molecule has 2 aromatic carbocycles. The summed E-state index contributed by atoms with van der Waals surface area (Å²) in [5.74, 6) is -1.17. The Morgan fingerprint density at radius 1 is 0.909 bits per heavy atom. The summed E-state index contributed by atoms with van der Waals surface area (Å²) in [6.45, 7) is 4.26. The summed E-state index contributed by atoms with van der Waals surface area (Å²) < 4.78 is 53.5. The van der Waals surface area contributed by atoms with Crippen LogP contribution in [0.3, 0.4) is 0 Å². The van der Waals surface area contributed by atoms with Crippen LogP contribution in [0.1, 0.15) is 32.6 Å². The minimum absolute atomic E-state index is 0.0526. The lowest BCUT2D eigenvalue weighted by molar-refractivity contribution is 0.599. The zero-order valence-electron chi connectivity index (χ0n) is 18.0. The molecule has 1 aromatic heterocycles. The molecule has 0 radical (unpaired) electrons. The first-order chi connectivity index (χ1) is 15.6. The van der Waals surface area contributed by atoms with Crippen LogP contribution in [0.4, 0.5) is 5.69 Å². The van der Waals surface area contributed by atoms with Crippen molar-refractivity contribution in [2.45, 2.75) is 31.3 Å². The normalized spacial score (nSPS) is 16.3. The molecule has 2 N–H and O–H groups in total. The van der Waals surface area contributed by atoms with Crippen molar-refractivity contribution in [2.75, 3.05) is 11.3 Å². The third-order valence-electron chi connectivity index (χ3n) is 5.04. The average molecular weight is 506 g/mol. The van der Waals surface area contributed by atoms with Gasteiger partial charge in [-0.15, -0.1) is 10.2 Å². The monoisotopic (exact) mass is 505 g/mol. The van der Waals surface area contributed by atoms with Crippen LogP contribution in [0.2, 0.25) is 0 Å². The van der Waals surface area contributed by atoms with Crippen LogP contribution in [0.15, 0.2) is 53.6 Å². The number of hydrazone groups is 1. The highest BCUT2D eigenvalue weighted by atomic mass is 32.2. The average Bonchev–Trinajstić information content (AvgIpc) is 3.40. The van der Waals surface area contributed by atoms with E-state index in [9.17, 15) is 16.8 Å². The van der Waals surface area contributed by atoms with Crippen molar-refractivity contribution in [3.05, 3.63) is 75.2 Å². The Bertz CT molecular complexity index is 1380. The number of hydrogen-bond acceptors (Lipinski definition) is 9. The minimum atomic E-state index is -3.77. The molecule has 1 atom stereocenters. The highest BCUT2D eigenvalue weighted by Crippen LogP contribution is 2.26. The van der Waals surface area contributed by atoms with Gasteiger partial charge in [0.1, 0.15) is 21.5 Å². The van der Waals surface area contributed by atoms with E-state index in [1.807, 2.05) is 38.1 Å². The van der Waals surface area contributed by atoms with Crippen LogP contribution in [0, 0.1) is 13.8 Å². The van der Waals surface area contributed by atoms with Crippen molar-refractivity contribution < 1.29 is 16.8 Å². The highest BCUT2D eigenvalue weighted by molar-refractivity contribution is 8.06. The van der Waals surface area contributed by atoms with Gasteiger partial charge >= 0.3 is 0 Å². The first kappa shape index (κ1) is 23.3. The van der Waals surface area contributed by atoms with Crippen LogP contribution < -0.4 is 10.1 Å². The molecule has 0 aliphatic carbocycles. The second-order valence-electron chi connectivity index (χ2n) is 7.85. The second kappa shape index (κ2) is 9.20. The van der Waals surface area contributed by atoms with E-state index in [4.69, 9.17) is 0 Å². The Morgan fingerprint density at radius 3 is 2.12 bits per heavy atom. The van der Waals surface area contributed by atoms with Crippen LogP contribution in [-0.2, 0) is 31.4 Å². The lowest BCUT2D eigenvalue weighted by Crippen LogP contribution is -2.23. The molecule has 0 saturated carbocycles. The second-order valence-corrected chi connectivity index (χ2v) is 12.7. The number of hydrogen-bond donors (Lipinski definition) is 2. The van der Waals surface area contributed by atoms with E-state index >= 15 is 0 Å². The smallest absolute Gasteiger partial charge is 0.239 e. The Hall–Kier alpha value is -2.83. The molecule has 9 nitrogen and oxygen atoms in total. The topological polar surface area (TPSA) is 130 Å². The zero-order chi connectivity index (χ0) is 23.6. The maximum atomic E-state index is 13.1. The molecule has 1 aliphatic rings. The fourth-order valence-corrected chi connectivity index (χ4v) is 7.54. The predicted molar refractivity (Wildman–Crippen MR) is 129 cm³/mol. The van der Waals surface area contributed by atoms with E-state index in [1.165, 1.54) is 0 Å². The number of nitrogens with one attached hydrogen (secondary N) is 2. The highest BCUT2D eigenvalue weighted by Gasteiger charge is 2.34. The molecule has 174 valence electrons. The largest absolute Gasteiger partial charge is 0.308 e. The van der Waals surface area contributed by atoms with Crippen molar-refractivity contribution in [1.82, 2.24) is 15.6 Å². The van der Waals surface area contributed by atoms with Gasteiger partial charge in [-0.3, -0.25) is 4.72 Å². The molecule has 0 fully saturated rings. The van der Waals surface area contributed by atoms with Gasteiger partial charge in [0, 0.05) is 12.2 Å². The molecule has 0 bridgehead atoms. The Balaban J connectivity index is 1.45. The van der Waals surface area contributed by atoms with E-state index in [1.54, 1.807) is 24.3 Å². The van der Waals surface area contributed by atoms with Gasteiger partial charge in [0.15, 0.2) is 5.04 Å². The third kappa shape index (κ3) is 5.75. The summed E-state index contributed by atoms with van der Waals surface area (Å²) >= 11 is 0.961. The van der Waals surface area contributed by atoms with Gasteiger partial charge in [-0.05, 0) is 31.5 Å². The number of sulfone groups is 1. The van der Waals surface area contributed by atoms with Gasteiger partial charge < -0.3 is 5.43 Å². The molecular formula is C21H23N5O4S3. The molecule has 4 rings (SSSR count). The van der Waals surface area contributed by atoms with Crippen molar-refractivity contribution in [3.8, 4) is 0 Å². The first-order valence-electron chi connectivity index (χ1n) is 10.1. The van der Waals surface area contributed by atoms with E-state index in [0.717, 1.165) is 28.0 Å². The zero-order valence-corrected chi connectivity index (χ0v) is 20.5. The number of benzene rings is 2. The summed E-state index contributed by atoms with van der Waals surface area (Å²) in [5, 5.41) is 12.3. The van der Waals surface area contributed by atoms with Crippen LogP contribution in [-0.4, -0.2) is 38.6 Å². The van der Waals surface area contributed by atoms with Crippen LogP contribution in [0.25, 0.3) is 0 Å². The number of sulfonamides is 1. The molecule has 0 amide bonds. The quantitative estimate of drug-likeness (QED) is 0.505. The molecule has 2 heterocycles. The van der Waals surface area contributed by atoms with Gasteiger partial charge in [-0.25, -0.2) is 16.8 Å². The van der Waals surface area contributed by atoms with Crippen molar-refractivity contribution in [2.24, 2.45) is 5.10 Å². The lowest BCUT2D eigenvalue weighted by Gasteiger charge is -2.12. The summed E-state index contributed by atoms with van der Waals surface area (Å²) in [7, 11) is -7.49.